The Kier molecular flexibility index (Phi) is 7.40. The molecule has 8 atom stereocenters. The van der Waals surface area contributed by atoms with Crippen LogP contribution in [0.5, 0.6) is 0 Å². The number of amides is 3. The predicted molar refractivity (Wildman–Crippen MR) is 141 cm³/mol. The Morgan fingerprint density at radius 3 is 2.50 bits per heavy atom. The molecule has 0 bridgehead atoms. The minimum absolute atomic E-state index is 0.00131. The molecule has 0 radical (unpaired) electrons. The van der Waals surface area contributed by atoms with Gasteiger partial charge in [0.15, 0.2) is 0 Å². The fourth-order valence-corrected chi connectivity index (χ4v) is 9.22. The van der Waals surface area contributed by atoms with Crippen LogP contribution in [0.1, 0.15) is 70.6 Å². The molecule has 3 heterocycles. The smallest absolute Gasteiger partial charge is 0.317 e. The van der Waals surface area contributed by atoms with Crippen LogP contribution in [0.15, 0.2) is 0 Å². The van der Waals surface area contributed by atoms with Crippen LogP contribution in [0.3, 0.4) is 0 Å². The minimum atomic E-state index is -0.812. The van der Waals surface area contributed by atoms with Gasteiger partial charge in [0, 0.05) is 50.8 Å². The number of carbonyl (C=O) groups is 2. The lowest BCUT2D eigenvalue weighted by Crippen LogP contribution is -2.67. The molecular weight excluding hydrogens is 487 g/mol. The highest BCUT2D eigenvalue weighted by Gasteiger charge is 2.64. The van der Waals surface area contributed by atoms with Crippen molar-refractivity contribution in [1.29, 1.82) is 0 Å². The van der Waals surface area contributed by atoms with E-state index in [-0.39, 0.29) is 54.1 Å². The van der Waals surface area contributed by atoms with E-state index in [1.54, 1.807) is 0 Å². The van der Waals surface area contributed by atoms with E-state index in [0.29, 0.717) is 50.4 Å². The standard InChI is InChI=1S/C29H47FN4O4/c1-32-23-15-21(38-2)8-9-22(23)25-26(32)24(16-35)34(27(36)18-6-7-18)17-29(25)10-12-33(13-11-29)28(37)31-20-5-3-4-19(30)14-20/h18-26,35H,3-17H2,1-2H3,(H,31,37)/t19?,20?,21?,22?,23?,24-,25?,26?/m1/s1. The van der Waals surface area contributed by atoms with Crippen LogP contribution in [0.4, 0.5) is 9.18 Å². The topological polar surface area (TPSA) is 85.4 Å². The molecule has 6 fully saturated rings. The van der Waals surface area contributed by atoms with Crippen molar-refractivity contribution < 1.29 is 23.8 Å². The van der Waals surface area contributed by atoms with Crippen molar-refractivity contribution in [2.75, 3.05) is 40.4 Å². The number of fused-ring (bicyclic) bond motifs is 4. The summed E-state index contributed by atoms with van der Waals surface area (Å²) in [6.45, 7) is 2.02. The number of urea groups is 1. The number of ether oxygens (including phenoxy) is 1. The van der Waals surface area contributed by atoms with Crippen molar-refractivity contribution in [3.05, 3.63) is 0 Å². The van der Waals surface area contributed by atoms with Crippen LogP contribution in [0.25, 0.3) is 0 Å². The monoisotopic (exact) mass is 534 g/mol. The van der Waals surface area contributed by atoms with E-state index < -0.39 is 6.17 Å². The third kappa shape index (κ3) is 4.64. The molecule has 3 aliphatic heterocycles. The Balaban J connectivity index is 1.23. The number of aliphatic hydroxyl groups excluding tert-OH is 1. The second kappa shape index (κ2) is 10.5. The maximum atomic E-state index is 13.9. The maximum absolute atomic E-state index is 13.9. The van der Waals surface area contributed by atoms with Crippen LogP contribution >= 0.6 is 0 Å². The SMILES string of the molecule is COC1CCC2C(C1)N(C)C1C2C2(CCN(C(=O)NC3CCCC(F)C3)CC2)CN(C(=O)C2CC2)[C@@H]1CO. The minimum Gasteiger partial charge on any atom is -0.394 e. The van der Waals surface area contributed by atoms with Crippen LogP contribution in [-0.2, 0) is 9.53 Å². The third-order valence-corrected chi connectivity index (χ3v) is 11.3. The average Bonchev–Trinajstić information content (AvgIpc) is 3.73. The van der Waals surface area contributed by atoms with Crippen LogP contribution < -0.4 is 5.32 Å². The van der Waals surface area contributed by atoms with Crippen LogP contribution in [-0.4, -0.2) is 109 Å². The Labute approximate surface area is 226 Å². The lowest BCUT2D eigenvalue weighted by atomic mass is 9.57. The summed E-state index contributed by atoms with van der Waals surface area (Å²) in [5.41, 5.74) is -0.0554. The highest BCUT2D eigenvalue weighted by molar-refractivity contribution is 5.81. The molecule has 0 aromatic carbocycles. The first-order chi connectivity index (χ1) is 18.3. The summed E-state index contributed by atoms with van der Waals surface area (Å²) in [5.74, 6) is 1.25. The number of rotatable bonds is 4. The number of piperidine rings is 2. The molecule has 8 nitrogen and oxygen atoms in total. The molecule has 214 valence electrons. The molecule has 6 aliphatic rings. The van der Waals surface area contributed by atoms with Crippen LogP contribution in [0, 0.1) is 23.2 Å². The summed E-state index contributed by atoms with van der Waals surface area (Å²) in [6, 6.07) is 0.223. The Morgan fingerprint density at radius 2 is 1.84 bits per heavy atom. The van der Waals surface area contributed by atoms with Crippen molar-refractivity contribution in [1.82, 2.24) is 20.0 Å². The first-order valence-corrected chi connectivity index (χ1v) is 15.2. The van der Waals surface area contributed by atoms with E-state index in [4.69, 9.17) is 4.74 Å². The van der Waals surface area contributed by atoms with Gasteiger partial charge in [-0.15, -0.1) is 0 Å². The predicted octanol–water partition coefficient (Wildman–Crippen LogP) is 2.79. The van der Waals surface area contributed by atoms with Gasteiger partial charge in [-0.25, -0.2) is 9.18 Å². The molecular formula is C29H47FN4O4. The van der Waals surface area contributed by atoms with E-state index >= 15 is 0 Å². The van der Waals surface area contributed by atoms with Crippen LogP contribution in [0.2, 0.25) is 0 Å². The largest absolute Gasteiger partial charge is 0.394 e. The van der Waals surface area contributed by atoms with Gasteiger partial charge in [0.2, 0.25) is 5.91 Å². The number of hydrogen-bond acceptors (Lipinski definition) is 5. The zero-order chi connectivity index (χ0) is 26.6. The Hall–Kier alpha value is -1.45. The fourth-order valence-electron chi connectivity index (χ4n) is 9.22. The second-order valence-electron chi connectivity index (χ2n) is 13.3. The van der Waals surface area contributed by atoms with Crippen molar-refractivity contribution in [2.45, 2.75) is 107 Å². The molecule has 0 aromatic heterocycles. The van der Waals surface area contributed by atoms with Gasteiger partial charge < -0.3 is 25.0 Å². The second-order valence-corrected chi connectivity index (χ2v) is 13.3. The number of nitrogens with zero attached hydrogens (tertiary/aromatic N) is 3. The highest BCUT2D eigenvalue weighted by Crippen LogP contribution is 2.58. The molecule has 2 N–H and O–H groups in total. The molecule has 1 spiro atoms. The number of methoxy groups -OCH3 is 1. The number of aliphatic hydroxyl groups is 1. The number of alkyl halides is 1. The fraction of sp³-hybridized carbons (Fsp3) is 0.931. The number of nitrogens with one attached hydrogen (secondary N) is 1. The van der Waals surface area contributed by atoms with Gasteiger partial charge in [0.25, 0.3) is 0 Å². The zero-order valence-electron chi connectivity index (χ0n) is 23.2. The summed E-state index contributed by atoms with van der Waals surface area (Å²) in [6.07, 6.45) is 8.99. The lowest BCUT2D eigenvalue weighted by molar-refractivity contribution is -0.152. The molecule has 3 saturated heterocycles. The quantitative estimate of drug-likeness (QED) is 0.580. The summed E-state index contributed by atoms with van der Waals surface area (Å²) in [5, 5.41) is 13.8. The van der Waals surface area contributed by atoms with Crippen molar-refractivity contribution >= 4 is 11.9 Å². The molecule has 3 saturated carbocycles. The van der Waals surface area contributed by atoms with E-state index in [1.807, 2.05) is 12.0 Å². The number of hydrogen-bond donors (Lipinski definition) is 2. The van der Waals surface area contributed by atoms with E-state index in [0.717, 1.165) is 57.8 Å². The lowest BCUT2D eigenvalue weighted by Gasteiger charge is -2.58. The van der Waals surface area contributed by atoms with E-state index in [9.17, 15) is 19.1 Å². The zero-order valence-corrected chi connectivity index (χ0v) is 23.2. The van der Waals surface area contributed by atoms with Gasteiger partial charge in [0.1, 0.15) is 6.17 Å². The van der Waals surface area contributed by atoms with E-state index in [2.05, 4.69) is 22.2 Å². The third-order valence-electron chi connectivity index (χ3n) is 11.3. The number of halogens is 1. The van der Waals surface area contributed by atoms with Gasteiger partial charge in [-0.2, -0.15) is 0 Å². The molecule has 3 amide bonds. The summed E-state index contributed by atoms with van der Waals surface area (Å²) >= 11 is 0. The number of likely N-dealkylation sites (tertiary alicyclic amines) is 3. The van der Waals surface area contributed by atoms with Crippen molar-refractivity contribution in [3.63, 3.8) is 0 Å². The van der Waals surface area contributed by atoms with Crippen molar-refractivity contribution in [2.24, 2.45) is 23.2 Å². The summed E-state index contributed by atoms with van der Waals surface area (Å²) in [4.78, 5) is 33.2. The molecule has 38 heavy (non-hydrogen) atoms. The van der Waals surface area contributed by atoms with Gasteiger partial charge in [0.05, 0.1) is 18.8 Å². The van der Waals surface area contributed by atoms with E-state index in [1.165, 1.54) is 0 Å². The summed E-state index contributed by atoms with van der Waals surface area (Å²) in [7, 11) is 4.01. The molecule has 6 rings (SSSR count). The number of carbonyl (C=O) groups excluding carboxylic acids is 2. The van der Waals surface area contributed by atoms with Gasteiger partial charge >= 0.3 is 6.03 Å². The molecule has 7 unspecified atom stereocenters. The normalized spacial score (nSPS) is 41.1. The van der Waals surface area contributed by atoms with Crippen molar-refractivity contribution in [3.8, 4) is 0 Å². The van der Waals surface area contributed by atoms with Gasteiger partial charge in [-0.1, -0.05) is 0 Å². The summed E-state index contributed by atoms with van der Waals surface area (Å²) < 4.78 is 19.7. The first kappa shape index (κ1) is 26.8. The molecule has 9 heteroatoms. The Morgan fingerprint density at radius 1 is 1.08 bits per heavy atom. The molecule has 0 aromatic rings. The maximum Gasteiger partial charge on any atom is 0.317 e. The van der Waals surface area contributed by atoms with Gasteiger partial charge in [-0.05, 0) is 94.9 Å². The average molecular weight is 535 g/mol. The van der Waals surface area contributed by atoms with Gasteiger partial charge in [-0.3, -0.25) is 9.69 Å². The highest BCUT2D eigenvalue weighted by atomic mass is 19.1. The first-order valence-electron chi connectivity index (χ1n) is 15.2. The molecule has 3 aliphatic carbocycles. The Bertz CT molecular complexity index is 894. The number of likely N-dealkylation sites (N-methyl/N-ethyl adjacent to an activating group) is 1.